The second-order valence-electron chi connectivity index (χ2n) is 4.02. The van der Waals surface area contributed by atoms with Gasteiger partial charge in [0.05, 0.1) is 0 Å². The average molecular weight is 154 g/mol. The lowest BCUT2D eigenvalue weighted by molar-refractivity contribution is 0.0318. The van der Waals surface area contributed by atoms with Crippen molar-refractivity contribution in [3.05, 3.63) is 0 Å². The smallest absolute Gasteiger partial charge is 0.0496 e. The molecule has 1 nitrogen and oxygen atoms in total. The zero-order valence-electron chi connectivity index (χ0n) is 7.22. The van der Waals surface area contributed by atoms with Crippen molar-refractivity contribution < 1.29 is 4.74 Å². The van der Waals surface area contributed by atoms with Gasteiger partial charge in [-0.2, -0.15) is 0 Å². The first kappa shape index (κ1) is 7.60. The van der Waals surface area contributed by atoms with Gasteiger partial charge in [-0.3, -0.25) is 0 Å². The number of hydrogen-bond acceptors (Lipinski definition) is 1. The maximum absolute atomic E-state index is 5.49. The Morgan fingerprint density at radius 1 is 0.818 bits per heavy atom. The van der Waals surface area contributed by atoms with E-state index in [0.29, 0.717) is 0 Å². The lowest BCUT2D eigenvalue weighted by atomic mass is 9.87. The third kappa shape index (κ3) is 1.76. The summed E-state index contributed by atoms with van der Waals surface area (Å²) in [5.74, 6) is 1.95. The van der Waals surface area contributed by atoms with Crippen molar-refractivity contribution >= 4 is 0 Å². The Morgan fingerprint density at radius 3 is 2.18 bits per heavy atom. The number of ether oxygens (including phenoxy) is 1. The number of rotatable bonds is 1. The standard InChI is InChI=1S/C10H18O/c1-2-5-9(4-1)10-6-3-7-11-8-10/h9-10H,1-8H2. The molecule has 11 heavy (non-hydrogen) atoms. The van der Waals surface area contributed by atoms with Crippen LogP contribution in [0.4, 0.5) is 0 Å². The van der Waals surface area contributed by atoms with Gasteiger partial charge >= 0.3 is 0 Å². The molecule has 1 saturated heterocycles. The van der Waals surface area contributed by atoms with Gasteiger partial charge in [-0.1, -0.05) is 25.7 Å². The zero-order valence-corrected chi connectivity index (χ0v) is 7.22. The Balaban J connectivity index is 1.82. The summed E-state index contributed by atoms with van der Waals surface area (Å²) < 4.78 is 5.49. The third-order valence-corrected chi connectivity index (χ3v) is 3.26. The highest BCUT2D eigenvalue weighted by atomic mass is 16.5. The molecule has 2 fully saturated rings. The van der Waals surface area contributed by atoms with Gasteiger partial charge < -0.3 is 4.74 Å². The van der Waals surface area contributed by atoms with Crippen LogP contribution < -0.4 is 0 Å². The van der Waals surface area contributed by atoms with Gasteiger partial charge in [-0.25, -0.2) is 0 Å². The van der Waals surface area contributed by atoms with Crippen molar-refractivity contribution in [1.82, 2.24) is 0 Å². The topological polar surface area (TPSA) is 9.23 Å². The zero-order chi connectivity index (χ0) is 7.52. The van der Waals surface area contributed by atoms with Crippen LogP contribution >= 0.6 is 0 Å². The number of hydrogen-bond donors (Lipinski definition) is 0. The first-order chi connectivity index (χ1) is 5.47. The third-order valence-electron chi connectivity index (χ3n) is 3.26. The van der Waals surface area contributed by atoms with Crippen molar-refractivity contribution in [2.45, 2.75) is 38.5 Å². The quantitative estimate of drug-likeness (QED) is 0.564. The molecule has 1 heterocycles. The van der Waals surface area contributed by atoms with E-state index in [1.807, 2.05) is 0 Å². The molecule has 1 aliphatic heterocycles. The SMILES string of the molecule is C1CCC(C2CCCOC2)C1. The molecule has 1 saturated carbocycles. The molecule has 1 atom stereocenters. The highest BCUT2D eigenvalue weighted by Gasteiger charge is 2.26. The summed E-state index contributed by atoms with van der Waals surface area (Å²) in [6.07, 6.45) is 8.65. The Hall–Kier alpha value is -0.0400. The molecular formula is C10H18O. The maximum Gasteiger partial charge on any atom is 0.0496 e. The van der Waals surface area contributed by atoms with Crippen LogP contribution in [0.5, 0.6) is 0 Å². The first-order valence-electron chi connectivity index (χ1n) is 5.04. The Labute approximate surface area is 69.1 Å². The minimum atomic E-state index is 0.922. The van der Waals surface area contributed by atoms with Crippen LogP contribution in [0.1, 0.15) is 38.5 Å². The molecule has 0 N–H and O–H groups in total. The Bertz CT molecular complexity index is 110. The van der Waals surface area contributed by atoms with Gasteiger partial charge in [-0.15, -0.1) is 0 Å². The van der Waals surface area contributed by atoms with E-state index in [1.165, 1.54) is 38.5 Å². The van der Waals surface area contributed by atoms with Crippen LogP contribution in [-0.4, -0.2) is 13.2 Å². The summed E-state index contributed by atoms with van der Waals surface area (Å²) in [7, 11) is 0. The van der Waals surface area contributed by atoms with E-state index in [-0.39, 0.29) is 0 Å². The molecule has 2 aliphatic rings. The molecule has 0 bridgehead atoms. The van der Waals surface area contributed by atoms with Crippen LogP contribution in [0.25, 0.3) is 0 Å². The van der Waals surface area contributed by atoms with Gasteiger partial charge in [0.15, 0.2) is 0 Å². The summed E-state index contributed by atoms with van der Waals surface area (Å²) in [5, 5.41) is 0. The van der Waals surface area contributed by atoms with Gasteiger partial charge in [0.1, 0.15) is 0 Å². The highest BCUT2D eigenvalue weighted by molar-refractivity contribution is 4.76. The average Bonchev–Trinajstić information content (AvgIpc) is 2.58. The summed E-state index contributed by atoms with van der Waals surface area (Å²) >= 11 is 0. The van der Waals surface area contributed by atoms with Crippen LogP contribution in [-0.2, 0) is 4.74 Å². The summed E-state index contributed by atoms with van der Waals surface area (Å²) in [5.41, 5.74) is 0. The first-order valence-corrected chi connectivity index (χ1v) is 5.04. The lowest BCUT2D eigenvalue weighted by Gasteiger charge is -2.27. The van der Waals surface area contributed by atoms with Crippen LogP contribution in [0, 0.1) is 11.8 Å². The van der Waals surface area contributed by atoms with Crippen LogP contribution in [0.15, 0.2) is 0 Å². The molecule has 1 unspecified atom stereocenters. The Kier molecular flexibility index (Phi) is 2.47. The predicted octanol–water partition coefficient (Wildman–Crippen LogP) is 2.60. The fraction of sp³-hybridized carbons (Fsp3) is 1.00. The van der Waals surface area contributed by atoms with Gasteiger partial charge in [0.2, 0.25) is 0 Å². The van der Waals surface area contributed by atoms with E-state index < -0.39 is 0 Å². The van der Waals surface area contributed by atoms with E-state index >= 15 is 0 Å². The molecule has 0 spiro atoms. The van der Waals surface area contributed by atoms with Crippen molar-refractivity contribution in [2.75, 3.05) is 13.2 Å². The fourth-order valence-electron chi connectivity index (χ4n) is 2.57. The van der Waals surface area contributed by atoms with E-state index in [4.69, 9.17) is 4.74 Å². The van der Waals surface area contributed by atoms with Crippen molar-refractivity contribution in [3.8, 4) is 0 Å². The van der Waals surface area contributed by atoms with Gasteiger partial charge in [0.25, 0.3) is 0 Å². The molecule has 0 radical (unpaired) electrons. The second kappa shape index (κ2) is 3.57. The van der Waals surface area contributed by atoms with E-state index in [2.05, 4.69) is 0 Å². The highest BCUT2D eigenvalue weighted by Crippen LogP contribution is 2.35. The molecule has 0 aromatic carbocycles. The minimum absolute atomic E-state index is 0.922. The minimum Gasteiger partial charge on any atom is -0.381 e. The van der Waals surface area contributed by atoms with Crippen LogP contribution in [0.2, 0.25) is 0 Å². The molecule has 64 valence electrons. The van der Waals surface area contributed by atoms with Crippen molar-refractivity contribution in [3.63, 3.8) is 0 Å². The summed E-state index contributed by atoms with van der Waals surface area (Å²) in [6, 6.07) is 0. The fourth-order valence-corrected chi connectivity index (χ4v) is 2.57. The molecule has 0 aromatic rings. The lowest BCUT2D eigenvalue weighted by Crippen LogP contribution is -2.23. The van der Waals surface area contributed by atoms with Crippen LogP contribution in [0.3, 0.4) is 0 Å². The molecule has 2 rings (SSSR count). The molecule has 1 aliphatic carbocycles. The normalized spacial score (nSPS) is 34.4. The summed E-state index contributed by atoms with van der Waals surface area (Å²) in [4.78, 5) is 0. The van der Waals surface area contributed by atoms with E-state index in [0.717, 1.165) is 25.0 Å². The Morgan fingerprint density at radius 2 is 1.55 bits per heavy atom. The molecule has 1 heteroatoms. The molecule has 0 aromatic heterocycles. The van der Waals surface area contributed by atoms with Crippen molar-refractivity contribution in [2.24, 2.45) is 11.8 Å². The molecular weight excluding hydrogens is 136 g/mol. The second-order valence-corrected chi connectivity index (χ2v) is 4.02. The van der Waals surface area contributed by atoms with E-state index in [1.54, 1.807) is 0 Å². The molecule has 0 amide bonds. The predicted molar refractivity (Wildman–Crippen MR) is 45.5 cm³/mol. The van der Waals surface area contributed by atoms with E-state index in [9.17, 15) is 0 Å². The monoisotopic (exact) mass is 154 g/mol. The maximum atomic E-state index is 5.49. The van der Waals surface area contributed by atoms with Gasteiger partial charge in [-0.05, 0) is 24.7 Å². The largest absolute Gasteiger partial charge is 0.381 e. The van der Waals surface area contributed by atoms with Crippen molar-refractivity contribution in [1.29, 1.82) is 0 Å². The van der Waals surface area contributed by atoms with Gasteiger partial charge in [0, 0.05) is 13.2 Å². The summed E-state index contributed by atoms with van der Waals surface area (Å²) in [6.45, 7) is 2.08.